The Morgan fingerprint density at radius 1 is 0.708 bits per heavy atom. The highest BCUT2D eigenvalue weighted by molar-refractivity contribution is 5.84. The molecule has 1 aromatic heterocycles. The van der Waals surface area contributed by atoms with Gasteiger partial charge >= 0.3 is 0 Å². The van der Waals surface area contributed by atoms with Crippen LogP contribution in [0.4, 0.5) is 11.5 Å². The molecule has 1 heterocycles. The lowest BCUT2D eigenvalue weighted by atomic mass is 10.1. The Kier molecular flexibility index (Phi) is 3.72. The van der Waals surface area contributed by atoms with Crippen molar-refractivity contribution in [2.24, 2.45) is 0 Å². The van der Waals surface area contributed by atoms with Gasteiger partial charge in [-0.3, -0.25) is 0 Å². The van der Waals surface area contributed by atoms with E-state index in [9.17, 15) is 0 Å². The first-order valence-electron chi connectivity index (χ1n) is 8.08. The number of anilines is 2. The number of aromatic nitrogens is 1. The number of nitrogens with one attached hydrogen (secondary N) is 1. The van der Waals surface area contributed by atoms with Crippen LogP contribution in [0.3, 0.4) is 0 Å². The van der Waals surface area contributed by atoms with E-state index < -0.39 is 0 Å². The van der Waals surface area contributed by atoms with Crippen LogP contribution in [0.25, 0.3) is 22.0 Å². The van der Waals surface area contributed by atoms with Crippen molar-refractivity contribution in [2.45, 2.75) is 6.92 Å². The van der Waals surface area contributed by atoms with Crippen LogP contribution in [0, 0.1) is 6.92 Å². The van der Waals surface area contributed by atoms with Gasteiger partial charge in [-0.05, 0) is 47.9 Å². The Bertz CT molecular complexity index is 974. The Labute approximate surface area is 141 Å². The number of fused-ring (bicyclic) bond motifs is 1. The molecule has 0 unspecified atom stereocenters. The van der Waals surface area contributed by atoms with Gasteiger partial charge in [0.25, 0.3) is 0 Å². The van der Waals surface area contributed by atoms with Crippen molar-refractivity contribution < 1.29 is 0 Å². The summed E-state index contributed by atoms with van der Waals surface area (Å²) in [6.07, 6.45) is 0. The molecular formula is C22H18N2. The second-order valence-electron chi connectivity index (χ2n) is 5.91. The molecule has 0 amide bonds. The summed E-state index contributed by atoms with van der Waals surface area (Å²) in [6, 6.07) is 29.2. The summed E-state index contributed by atoms with van der Waals surface area (Å²) in [5, 5.41) is 4.60. The molecule has 0 fully saturated rings. The summed E-state index contributed by atoms with van der Waals surface area (Å²) in [5.41, 5.74) is 5.72. The summed E-state index contributed by atoms with van der Waals surface area (Å²) >= 11 is 0. The molecule has 1 N–H and O–H groups in total. The number of para-hydroxylation sites is 1. The molecule has 2 heteroatoms. The van der Waals surface area contributed by atoms with Crippen molar-refractivity contribution in [1.29, 1.82) is 0 Å². The van der Waals surface area contributed by atoms with Crippen LogP contribution in [-0.2, 0) is 0 Å². The minimum atomic E-state index is 0.874. The number of aryl methyl sites for hydroxylation is 1. The molecule has 0 aliphatic rings. The van der Waals surface area contributed by atoms with Gasteiger partial charge in [0.05, 0.1) is 5.52 Å². The quantitative estimate of drug-likeness (QED) is 0.505. The van der Waals surface area contributed by atoms with Crippen LogP contribution in [0.2, 0.25) is 0 Å². The van der Waals surface area contributed by atoms with Crippen LogP contribution in [0.15, 0.2) is 84.9 Å². The summed E-state index contributed by atoms with van der Waals surface area (Å²) in [7, 11) is 0. The number of pyridine rings is 1. The molecule has 4 rings (SSSR count). The molecule has 0 saturated heterocycles. The minimum absolute atomic E-state index is 0.874. The first-order valence-corrected chi connectivity index (χ1v) is 8.08. The maximum Gasteiger partial charge on any atom is 0.131 e. The van der Waals surface area contributed by atoms with Crippen molar-refractivity contribution in [3.05, 3.63) is 90.5 Å². The monoisotopic (exact) mass is 310 g/mol. The average Bonchev–Trinajstić information content (AvgIpc) is 2.63. The number of benzene rings is 3. The first kappa shape index (κ1) is 14.5. The van der Waals surface area contributed by atoms with Gasteiger partial charge < -0.3 is 5.32 Å². The number of rotatable bonds is 3. The summed E-state index contributed by atoms with van der Waals surface area (Å²) in [5.74, 6) is 0.874. The van der Waals surface area contributed by atoms with E-state index in [0.29, 0.717) is 0 Å². The van der Waals surface area contributed by atoms with Crippen LogP contribution in [0.5, 0.6) is 0 Å². The molecule has 2 nitrogen and oxygen atoms in total. The van der Waals surface area contributed by atoms with Crippen molar-refractivity contribution in [3.63, 3.8) is 0 Å². The second kappa shape index (κ2) is 6.17. The van der Waals surface area contributed by atoms with Crippen LogP contribution in [0.1, 0.15) is 5.56 Å². The van der Waals surface area contributed by atoms with Crippen molar-refractivity contribution in [3.8, 4) is 11.1 Å². The van der Waals surface area contributed by atoms with Crippen LogP contribution >= 0.6 is 0 Å². The van der Waals surface area contributed by atoms with Gasteiger partial charge in [-0.25, -0.2) is 4.98 Å². The molecular weight excluding hydrogens is 292 g/mol. The SMILES string of the molecule is Cc1cc(Nc2ccc(-c3ccccc3)cc2)nc2ccccc12. The maximum atomic E-state index is 4.70. The van der Waals surface area contributed by atoms with Crippen molar-refractivity contribution >= 4 is 22.4 Å². The number of nitrogens with zero attached hydrogens (tertiary/aromatic N) is 1. The zero-order valence-electron chi connectivity index (χ0n) is 13.5. The van der Waals surface area contributed by atoms with Crippen LogP contribution in [-0.4, -0.2) is 4.98 Å². The third kappa shape index (κ3) is 2.86. The van der Waals surface area contributed by atoms with Gasteiger partial charge in [-0.1, -0.05) is 60.7 Å². The molecule has 116 valence electrons. The van der Waals surface area contributed by atoms with E-state index in [4.69, 9.17) is 4.98 Å². The fourth-order valence-corrected chi connectivity index (χ4v) is 2.94. The van der Waals surface area contributed by atoms with E-state index in [-0.39, 0.29) is 0 Å². The van der Waals surface area contributed by atoms with Gasteiger partial charge in [-0.2, -0.15) is 0 Å². The zero-order chi connectivity index (χ0) is 16.4. The smallest absolute Gasteiger partial charge is 0.131 e. The molecule has 0 spiro atoms. The molecule has 24 heavy (non-hydrogen) atoms. The van der Waals surface area contributed by atoms with Gasteiger partial charge in [0.15, 0.2) is 0 Å². The molecule has 0 bridgehead atoms. The second-order valence-corrected chi connectivity index (χ2v) is 5.91. The Morgan fingerprint density at radius 2 is 1.38 bits per heavy atom. The maximum absolute atomic E-state index is 4.70. The number of hydrogen-bond acceptors (Lipinski definition) is 2. The highest BCUT2D eigenvalue weighted by Gasteiger charge is 2.03. The van der Waals surface area contributed by atoms with E-state index in [0.717, 1.165) is 17.0 Å². The van der Waals surface area contributed by atoms with E-state index in [1.54, 1.807) is 0 Å². The van der Waals surface area contributed by atoms with E-state index in [1.807, 2.05) is 24.3 Å². The third-order valence-electron chi connectivity index (χ3n) is 4.19. The topological polar surface area (TPSA) is 24.9 Å². The highest BCUT2D eigenvalue weighted by Crippen LogP contribution is 2.25. The Morgan fingerprint density at radius 3 is 2.17 bits per heavy atom. The van der Waals surface area contributed by atoms with E-state index >= 15 is 0 Å². The predicted molar refractivity (Wildman–Crippen MR) is 102 cm³/mol. The minimum Gasteiger partial charge on any atom is -0.340 e. The first-order chi connectivity index (χ1) is 11.8. The zero-order valence-corrected chi connectivity index (χ0v) is 13.5. The van der Waals surface area contributed by atoms with Crippen molar-refractivity contribution in [2.75, 3.05) is 5.32 Å². The molecule has 3 aromatic carbocycles. The molecule has 0 aliphatic carbocycles. The van der Waals surface area contributed by atoms with Gasteiger partial charge in [-0.15, -0.1) is 0 Å². The predicted octanol–water partition coefficient (Wildman–Crippen LogP) is 5.95. The fraction of sp³-hybridized carbons (Fsp3) is 0.0455. The van der Waals surface area contributed by atoms with E-state index in [2.05, 4.69) is 72.9 Å². The highest BCUT2D eigenvalue weighted by atomic mass is 15.0. The standard InChI is InChI=1S/C22H18N2/c1-16-15-22(24-21-10-6-5-9-20(16)21)23-19-13-11-18(12-14-19)17-7-3-2-4-8-17/h2-15H,1H3,(H,23,24). The summed E-state index contributed by atoms with van der Waals surface area (Å²) in [4.78, 5) is 4.70. The van der Waals surface area contributed by atoms with Gasteiger partial charge in [0.1, 0.15) is 5.82 Å². The third-order valence-corrected chi connectivity index (χ3v) is 4.19. The molecule has 0 atom stereocenters. The summed E-state index contributed by atoms with van der Waals surface area (Å²) in [6.45, 7) is 2.12. The Hall–Kier alpha value is -3.13. The van der Waals surface area contributed by atoms with Gasteiger partial charge in [0.2, 0.25) is 0 Å². The van der Waals surface area contributed by atoms with Crippen LogP contribution < -0.4 is 5.32 Å². The largest absolute Gasteiger partial charge is 0.340 e. The number of hydrogen-bond donors (Lipinski definition) is 1. The molecule has 0 radical (unpaired) electrons. The fourth-order valence-electron chi connectivity index (χ4n) is 2.94. The molecule has 4 aromatic rings. The Balaban J connectivity index is 1.62. The van der Waals surface area contributed by atoms with Gasteiger partial charge in [0, 0.05) is 11.1 Å². The normalized spacial score (nSPS) is 10.7. The van der Waals surface area contributed by atoms with E-state index in [1.165, 1.54) is 22.1 Å². The van der Waals surface area contributed by atoms with Crippen molar-refractivity contribution in [1.82, 2.24) is 4.98 Å². The lowest BCUT2D eigenvalue weighted by Crippen LogP contribution is -1.95. The molecule has 0 saturated carbocycles. The average molecular weight is 310 g/mol. The lowest BCUT2D eigenvalue weighted by Gasteiger charge is -2.10. The summed E-state index contributed by atoms with van der Waals surface area (Å²) < 4.78 is 0. The molecule has 0 aliphatic heterocycles. The lowest BCUT2D eigenvalue weighted by molar-refractivity contribution is 1.34.